The summed E-state index contributed by atoms with van der Waals surface area (Å²) in [5.41, 5.74) is 8.18. The van der Waals surface area contributed by atoms with Crippen LogP contribution in [0.3, 0.4) is 0 Å². The third kappa shape index (κ3) is 2.91. The number of aryl methyl sites for hydroxylation is 1. The van der Waals surface area contributed by atoms with Crippen molar-refractivity contribution < 1.29 is 17.9 Å². The Morgan fingerprint density at radius 2 is 1.85 bits per heavy atom. The van der Waals surface area contributed by atoms with Crippen LogP contribution >= 0.6 is 0 Å². The summed E-state index contributed by atoms with van der Waals surface area (Å²) >= 11 is 0. The van der Waals surface area contributed by atoms with Crippen LogP contribution in [0.15, 0.2) is 12.1 Å². The Bertz CT molecular complexity index is 597. The number of rotatable bonds is 4. The van der Waals surface area contributed by atoms with Crippen LogP contribution in [0.1, 0.15) is 23.6 Å². The highest BCUT2D eigenvalue weighted by atomic mass is 32.2. The molecular weight excluding hydrogens is 278 g/mol. The van der Waals surface area contributed by atoms with Crippen LogP contribution in [-0.2, 0) is 9.84 Å². The Morgan fingerprint density at radius 1 is 1.25 bits per heavy atom. The molecule has 0 radical (unpaired) electrons. The number of ether oxygens (including phenoxy) is 2. The lowest BCUT2D eigenvalue weighted by atomic mass is 9.90. The molecule has 2 N–H and O–H groups in total. The van der Waals surface area contributed by atoms with Gasteiger partial charge in [0.05, 0.1) is 25.7 Å². The van der Waals surface area contributed by atoms with Gasteiger partial charge in [-0.05, 0) is 42.5 Å². The molecule has 1 saturated heterocycles. The van der Waals surface area contributed by atoms with Crippen LogP contribution in [0.2, 0.25) is 0 Å². The molecule has 1 fully saturated rings. The molecule has 0 saturated carbocycles. The number of sulfone groups is 1. The summed E-state index contributed by atoms with van der Waals surface area (Å²) in [5, 5.41) is 0. The third-order valence-corrected chi connectivity index (χ3v) is 5.70. The molecule has 0 aromatic heterocycles. The zero-order chi connectivity index (χ0) is 14.9. The van der Waals surface area contributed by atoms with Crippen LogP contribution in [0, 0.1) is 12.8 Å². The second-order valence-corrected chi connectivity index (χ2v) is 7.48. The number of methoxy groups -OCH3 is 2. The first-order valence-electron chi connectivity index (χ1n) is 6.56. The lowest BCUT2D eigenvalue weighted by Gasteiger charge is -2.22. The van der Waals surface area contributed by atoms with Gasteiger partial charge in [0.15, 0.2) is 21.3 Å². The van der Waals surface area contributed by atoms with Crippen molar-refractivity contribution in [2.24, 2.45) is 11.7 Å². The number of hydrogen-bond donors (Lipinski definition) is 1. The molecule has 20 heavy (non-hydrogen) atoms. The lowest BCUT2D eigenvalue weighted by molar-refractivity contribution is 0.353. The fourth-order valence-corrected chi connectivity index (χ4v) is 4.57. The average Bonchev–Trinajstić information content (AvgIpc) is 2.78. The maximum absolute atomic E-state index is 11.6. The van der Waals surface area contributed by atoms with Crippen molar-refractivity contribution in [3.05, 3.63) is 23.3 Å². The Balaban J connectivity index is 2.33. The quantitative estimate of drug-likeness (QED) is 0.910. The van der Waals surface area contributed by atoms with E-state index in [0.717, 1.165) is 11.1 Å². The van der Waals surface area contributed by atoms with Gasteiger partial charge in [0.1, 0.15) is 0 Å². The van der Waals surface area contributed by atoms with Gasteiger partial charge in [-0.2, -0.15) is 0 Å². The van der Waals surface area contributed by atoms with Crippen LogP contribution in [0.4, 0.5) is 0 Å². The van der Waals surface area contributed by atoms with E-state index in [2.05, 4.69) is 0 Å². The van der Waals surface area contributed by atoms with Crippen molar-refractivity contribution in [2.45, 2.75) is 19.4 Å². The van der Waals surface area contributed by atoms with E-state index < -0.39 is 9.84 Å². The largest absolute Gasteiger partial charge is 0.493 e. The zero-order valence-corrected chi connectivity index (χ0v) is 12.9. The zero-order valence-electron chi connectivity index (χ0n) is 12.0. The van der Waals surface area contributed by atoms with E-state index in [-0.39, 0.29) is 23.5 Å². The molecule has 1 aromatic rings. The van der Waals surface area contributed by atoms with Crippen molar-refractivity contribution in [3.8, 4) is 11.5 Å². The summed E-state index contributed by atoms with van der Waals surface area (Å²) in [7, 11) is 0.230. The highest BCUT2D eigenvalue weighted by Crippen LogP contribution is 2.36. The second kappa shape index (κ2) is 5.61. The Kier molecular flexibility index (Phi) is 4.25. The molecule has 2 unspecified atom stereocenters. The Hall–Kier alpha value is -1.27. The summed E-state index contributed by atoms with van der Waals surface area (Å²) in [5.74, 6) is 1.64. The SMILES string of the molecule is COc1cc(C)c(C(N)C2CCS(=O)(=O)C2)cc1OC. The molecule has 0 amide bonds. The molecule has 0 spiro atoms. The van der Waals surface area contributed by atoms with Gasteiger partial charge >= 0.3 is 0 Å². The van der Waals surface area contributed by atoms with Crippen LogP contribution < -0.4 is 15.2 Å². The molecule has 2 rings (SSSR count). The molecule has 0 aliphatic carbocycles. The van der Waals surface area contributed by atoms with Gasteiger partial charge in [-0.15, -0.1) is 0 Å². The summed E-state index contributed by atoms with van der Waals surface area (Å²) in [4.78, 5) is 0. The van der Waals surface area contributed by atoms with Crippen molar-refractivity contribution in [1.29, 1.82) is 0 Å². The summed E-state index contributed by atoms with van der Waals surface area (Å²) in [6.45, 7) is 1.95. The van der Waals surface area contributed by atoms with Gasteiger partial charge in [-0.3, -0.25) is 0 Å². The molecule has 1 aliphatic rings. The van der Waals surface area contributed by atoms with Gasteiger partial charge in [0.25, 0.3) is 0 Å². The van der Waals surface area contributed by atoms with Crippen molar-refractivity contribution >= 4 is 9.84 Å². The number of benzene rings is 1. The minimum atomic E-state index is -2.93. The first-order valence-corrected chi connectivity index (χ1v) is 8.38. The van der Waals surface area contributed by atoms with E-state index in [4.69, 9.17) is 15.2 Å². The van der Waals surface area contributed by atoms with Gasteiger partial charge in [0.2, 0.25) is 0 Å². The molecular formula is C14H21NO4S. The van der Waals surface area contributed by atoms with Crippen molar-refractivity contribution in [3.63, 3.8) is 0 Å². The van der Waals surface area contributed by atoms with Gasteiger partial charge in [-0.1, -0.05) is 0 Å². The van der Waals surface area contributed by atoms with Crippen LogP contribution in [-0.4, -0.2) is 34.1 Å². The molecule has 1 aliphatic heterocycles. The summed E-state index contributed by atoms with van der Waals surface area (Å²) in [6.07, 6.45) is 0.622. The second-order valence-electron chi connectivity index (χ2n) is 5.25. The first kappa shape index (κ1) is 15.1. The van der Waals surface area contributed by atoms with Crippen molar-refractivity contribution in [1.82, 2.24) is 0 Å². The molecule has 0 bridgehead atoms. The maximum Gasteiger partial charge on any atom is 0.161 e. The van der Waals surface area contributed by atoms with Gasteiger partial charge in [0, 0.05) is 6.04 Å². The molecule has 1 aromatic carbocycles. The minimum absolute atomic E-state index is 0.0307. The van der Waals surface area contributed by atoms with E-state index in [0.29, 0.717) is 17.9 Å². The Labute approximate surface area is 120 Å². The fourth-order valence-electron chi connectivity index (χ4n) is 2.72. The summed E-state index contributed by atoms with van der Waals surface area (Å²) < 4.78 is 33.7. The molecule has 5 nitrogen and oxygen atoms in total. The van der Waals surface area contributed by atoms with Gasteiger partial charge in [-0.25, -0.2) is 8.42 Å². The van der Waals surface area contributed by atoms with E-state index in [1.165, 1.54) is 0 Å². The molecule has 6 heteroatoms. The monoisotopic (exact) mass is 299 g/mol. The predicted octanol–water partition coefficient (Wildman–Crippen LogP) is 1.45. The average molecular weight is 299 g/mol. The van der Waals surface area contributed by atoms with Gasteiger partial charge < -0.3 is 15.2 Å². The number of nitrogens with two attached hydrogens (primary N) is 1. The Morgan fingerprint density at radius 3 is 2.35 bits per heavy atom. The van der Waals surface area contributed by atoms with Crippen molar-refractivity contribution in [2.75, 3.05) is 25.7 Å². The van der Waals surface area contributed by atoms with Crippen LogP contribution in [0.5, 0.6) is 11.5 Å². The third-order valence-electron chi connectivity index (χ3n) is 3.91. The highest BCUT2D eigenvalue weighted by molar-refractivity contribution is 7.91. The highest BCUT2D eigenvalue weighted by Gasteiger charge is 2.33. The smallest absolute Gasteiger partial charge is 0.161 e. The normalized spacial score (nSPS) is 22.5. The minimum Gasteiger partial charge on any atom is -0.493 e. The molecule has 2 atom stereocenters. The summed E-state index contributed by atoms with van der Waals surface area (Å²) in [6, 6.07) is 3.42. The lowest BCUT2D eigenvalue weighted by Crippen LogP contribution is -2.23. The maximum atomic E-state index is 11.6. The topological polar surface area (TPSA) is 78.6 Å². The van der Waals surface area contributed by atoms with E-state index in [9.17, 15) is 8.42 Å². The standard InChI is InChI=1S/C14H21NO4S/c1-9-6-12(18-2)13(19-3)7-11(9)14(15)10-4-5-20(16,17)8-10/h6-7,10,14H,4-5,8,15H2,1-3H3. The van der Waals surface area contributed by atoms with E-state index in [1.54, 1.807) is 14.2 Å². The van der Waals surface area contributed by atoms with E-state index in [1.807, 2.05) is 19.1 Å². The molecule has 112 valence electrons. The first-order chi connectivity index (χ1) is 9.38. The molecule has 1 heterocycles. The van der Waals surface area contributed by atoms with Crippen LogP contribution in [0.25, 0.3) is 0 Å². The fraction of sp³-hybridized carbons (Fsp3) is 0.571. The predicted molar refractivity (Wildman–Crippen MR) is 78.0 cm³/mol. The van der Waals surface area contributed by atoms with E-state index >= 15 is 0 Å². The number of hydrogen-bond acceptors (Lipinski definition) is 5.